The molecule has 0 radical (unpaired) electrons. The van der Waals surface area contributed by atoms with Gasteiger partial charge in [0.1, 0.15) is 11.6 Å². The highest BCUT2D eigenvalue weighted by Crippen LogP contribution is 2.24. The molecule has 2 amide bonds. The average molecular weight is 411 g/mol. The summed E-state index contributed by atoms with van der Waals surface area (Å²) in [6.07, 6.45) is 0. The van der Waals surface area contributed by atoms with Crippen LogP contribution in [0, 0.1) is 5.82 Å². The van der Waals surface area contributed by atoms with Crippen molar-refractivity contribution >= 4 is 35.0 Å². The first kappa shape index (κ1) is 19.5. The van der Waals surface area contributed by atoms with E-state index in [1.54, 1.807) is 21.9 Å². The first-order valence-electron chi connectivity index (χ1n) is 8.28. The van der Waals surface area contributed by atoms with Crippen molar-refractivity contribution in [2.75, 3.05) is 33.3 Å². The van der Waals surface area contributed by atoms with Gasteiger partial charge in [0.15, 0.2) is 0 Å². The molecule has 2 aromatic carbocycles. The third-order valence-electron chi connectivity index (χ3n) is 4.41. The van der Waals surface area contributed by atoms with Crippen molar-refractivity contribution in [2.45, 2.75) is 0 Å². The number of carbonyl (C=O) groups is 2. The zero-order valence-electron chi connectivity index (χ0n) is 14.5. The molecule has 1 saturated heterocycles. The third-order valence-corrected chi connectivity index (χ3v) is 4.96. The van der Waals surface area contributed by atoms with Crippen molar-refractivity contribution in [3.05, 3.63) is 63.4 Å². The SMILES string of the molecule is COc1ccc(F)cc1C(=O)N1CCN(C(=O)c2ccc(Cl)cc2Cl)CC1. The van der Waals surface area contributed by atoms with Gasteiger partial charge in [-0.2, -0.15) is 0 Å². The molecule has 3 rings (SSSR count). The van der Waals surface area contributed by atoms with E-state index >= 15 is 0 Å². The van der Waals surface area contributed by atoms with Crippen molar-refractivity contribution in [3.63, 3.8) is 0 Å². The molecule has 0 bridgehead atoms. The summed E-state index contributed by atoms with van der Waals surface area (Å²) >= 11 is 12.0. The quantitative estimate of drug-likeness (QED) is 0.774. The van der Waals surface area contributed by atoms with E-state index in [-0.39, 0.29) is 22.4 Å². The van der Waals surface area contributed by atoms with Gasteiger partial charge in [-0.15, -0.1) is 0 Å². The van der Waals surface area contributed by atoms with Gasteiger partial charge in [-0.05, 0) is 36.4 Å². The summed E-state index contributed by atoms with van der Waals surface area (Å²) in [7, 11) is 1.43. The van der Waals surface area contributed by atoms with Gasteiger partial charge in [-0.1, -0.05) is 23.2 Å². The number of methoxy groups -OCH3 is 1. The molecule has 1 aliphatic heterocycles. The summed E-state index contributed by atoms with van der Waals surface area (Å²) in [5.74, 6) is -0.742. The van der Waals surface area contributed by atoms with E-state index in [4.69, 9.17) is 27.9 Å². The summed E-state index contributed by atoms with van der Waals surface area (Å²) < 4.78 is 18.7. The summed E-state index contributed by atoms with van der Waals surface area (Å²) in [6, 6.07) is 8.53. The molecule has 0 spiro atoms. The molecule has 27 heavy (non-hydrogen) atoms. The molecule has 1 aliphatic rings. The second-order valence-electron chi connectivity index (χ2n) is 6.05. The number of rotatable bonds is 3. The molecule has 8 heteroatoms. The van der Waals surface area contributed by atoms with Crippen LogP contribution in [0.3, 0.4) is 0 Å². The van der Waals surface area contributed by atoms with Crippen molar-refractivity contribution in [1.82, 2.24) is 9.80 Å². The van der Waals surface area contributed by atoms with Gasteiger partial charge in [-0.25, -0.2) is 4.39 Å². The van der Waals surface area contributed by atoms with Gasteiger partial charge in [0, 0.05) is 31.2 Å². The van der Waals surface area contributed by atoms with Crippen LogP contribution in [0.25, 0.3) is 0 Å². The topological polar surface area (TPSA) is 49.9 Å². The maximum atomic E-state index is 13.5. The molecule has 0 aromatic heterocycles. The Labute approximate surface area is 166 Å². The summed E-state index contributed by atoms with van der Waals surface area (Å²) in [4.78, 5) is 28.6. The number of carbonyl (C=O) groups excluding carboxylic acids is 2. The van der Waals surface area contributed by atoms with Crippen LogP contribution < -0.4 is 4.74 Å². The van der Waals surface area contributed by atoms with E-state index in [9.17, 15) is 14.0 Å². The third kappa shape index (κ3) is 4.17. The van der Waals surface area contributed by atoms with Gasteiger partial charge in [-0.3, -0.25) is 9.59 Å². The summed E-state index contributed by atoms with van der Waals surface area (Å²) in [5, 5.41) is 0.742. The smallest absolute Gasteiger partial charge is 0.257 e. The first-order valence-corrected chi connectivity index (χ1v) is 9.03. The molecule has 0 N–H and O–H groups in total. The van der Waals surface area contributed by atoms with Crippen molar-refractivity contribution in [2.24, 2.45) is 0 Å². The second-order valence-corrected chi connectivity index (χ2v) is 6.90. The van der Waals surface area contributed by atoms with Crippen molar-refractivity contribution < 1.29 is 18.7 Å². The zero-order valence-corrected chi connectivity index (χ0v) is 16.1. The Morgan fingerprint density at radius 2 is 1.52 bits per heavy atom. The molecular formula is C19H17Cl2FN2O3. The number of halogens is 3. The van der Waals surface area contributed by atoms with Crippen LogP contribution in [0.4, 0.5) is 4.39 Å². The Morgan fingerprint density at radius 1 is 0.926 bits per heavy atom. The molecule has 0 saturated carbocycles. The summed E-state index contributed by atoms with van der Waals surface area (Å²) in [6.45, 7) is 1.35. The predicted octanol–water partition coefficient (Wildman–Crippen LogP) is 3.74. The van der Waals surface area contributed by atoms with Crippen LogP contribution in [0.1, 0.15) is 20.7 Å². The molecular weight excluding hydrogens is 394 g/mol. The molecule has 5 nitrogen and oxygen atoms in total. The number of hydrogen-bond acceptors (Lipinski definition) is 3. The Hall–Kier alpha value is -2.31. The number of nitrogens with zero attached hydrogens (tertiary/aromatic N) is 2. The molecule has 0 aliphatic carbocycles. The standard InChI is InChI=1S/C19H17Cl2FN2O3/c1-27-17-5-3-13(22)11-15(17)19(26)24-8-6-23(7-9-24)18(25)14-4-2-12(20)10-16(14)21/h2-5,10-11H,6-9H2,1H3. The second kappa shape index (κ2) is 8.15. The highest BCUT2D eigenvalue weighted by molar-refractivity contribution is 6.36. The fourth-order valence-corrected chi connectivity index (χ4v) is 3.45. The van der Waals surface area contributed by atoms with Crippen LogP contribution in [0.5, 0.6) is 5.75 Å². The van der Waals surface area contributed by atoms with Crippen molar-refractivity contribution in [1.29, 1.82) is 0 Å². The number of amides is 2. The average Bonchev–Trinajstić information content (AvgIpc) is 2.67. The molecule has 0 unspecified atom stereocenters. The Morgan fingerprint density at radius 3 is 2.07 bits per heavy atom. The minimum Gasteiger partial charge on any atom is -0.496 e. The number of ether oxygens (including phenoxy) is 1. The lowest BCUT2D eigenvalue weighted by atomic mass is 10.1. The van der Waals surface area contributed by atoms with Gasteiger partial charge in [0.25, 0.3) is 11.8 Å². The minimum absolute atomic E-state index is 0.165. The molecule has 1 heterocycles. The Kier molecular flexibility index (Phi) is 5.87. The monoisotopic (exact) mass is 410 g/mol. The van der Waals surface area contributed by atoms with Crippen LogP contribution in [0.2, 0.25) is 10.0 Å². The molecule has 1 fully saturated rings. The lowest BCUT2D eigenvalue weighted by molar-refractivity contribution is 0.0533. The van der Waals surface area contributed by atoms with Crippen LogP contribution >= 0.6 is 23.2 Å². The Balaban J connectivity index is 1.69. The van der Waals surface area contributed by atoms with E-state index in [0.717, 1.165) is 6.07 Å². The van der Waals surface area contributed by atoms with E-state index in [1.807, 2.05) is 0 Å². The fourth-order valence-electron chi connectivity index (χ4n) is 2.96. The Bertz CT molecular complexity index is 883. The van der Waals surface area contributed by atoms with Gasteiger partial charge >= 0.3 is 0 Å². The van der Waals surface area contributed by atoms with E-state index in [0.29, 0.717) is 42.5 Å². The maximum absolute atomic E-state index is 13.5. The van der Waals surface area contributed by atoms with E-state index < -0.39 is 5.82 Å². The minimum atomic E-state index is -0.509. The van der Waals surface area contributed by atoms with Crippen LogP contribution in [0.15, 0.2) is 36.4 Å². The molecule has 0 atom stereocenters. The van der Waals surface area contributed by atoms with Gasteiger partial charge < -0.3 is 14.5 Å². The normalized spacial score (nSPS) is 14.2. The van der Waals surface area contributed by atoms with E-state index in [1.165, 1.54) is 25.3 Å². The van der Waals surface area contributed by atoms with Gasteiger partial charge in [0.05, 0.1) is 23.3 Å². The van der Waals surface area contributed by atoms with E-state index in [2.05, 4.69) is 0 Å². The van der Waals surface area contributed by atoms with Crippen LogP contribution in [-0.4, -0.2) is 54.9 Å². The molecule has 2 aromatic rings. The first-order chi connectivity index (χ1) is 12.9. The molecule has 142 valence electrons. The lowest BCUT2D eigenvalue weighted by Crippen LogP contribution is -2.50. The lowest BCUT2D eigenvalue weighted by Gasteiger charge is -2.35. The number of hydrogen-bond donors (Lipinski definition) is 0. The number of benzene rings is 2. The summed E-state index contributed by atoms with van der Waals surface area (Å²) in [5.41, 5.74) is 0.533. The van der Waals surface area contributed by atoms with Crippen molar-refractivity contribution in [3.8, 4) is 5.75 Å². The zero-order chi connectivity index (χ0) is 19.6. The fraction of sp³-hybridized carbons (Fsp3) is 0.263. The predicted molar refractivity (Wildman–Crippen MR) is 101 cm³/mol. The van der Waals surface area contributed by atoms with Gasteiger partial charge in [0.2, 0.25) is 0 Å². The maximum Gasteiger partial charge on any atom is 0.257 e. The highest BCUT2D eigenvalue weighted by atomic mass is 35.5. The largest absolute Gasteiger partial charge is 0.496 e. The highest BCUT2D eigenvalue weighted by Gasteiger charge is 2.28. The van der Waals surface area contributed by atoms with Crippen LogP contribution in [-0.2, 0) is 0 Å². The number of piperazine rings is 1.